The Hall–Kier alpha value is -2.90. The van der Waals surface area contributed by atoms with E-state index in [-0.39, 0.29) is 29.2 Å². The minimum atomic E-state index is -0.405. The van der Waals surface area contributed by atoms with E-state index in [2.05, 4.69) is 5.32 Å². The maximum Gasteiger partial charge on any atom is 0.323 e. The van der Waals surface area contributed by atoms with Crippen molar-refractivity contribution in [2.75, 3.05) is 13.7 Å². The van der Waals surface area contributed by atoms with E-state index in [1.807, 2.05) is 46.7 Å². The van der Waals surface area contributed by atoms with E-state index in [0.717, 1.165) is 15.6 Å². The van der Waals surface area contributed by atoms with Gasteiger partial charge in [0.15, 0.2) is 0 Å². The quantitative estimate of drug-likeness (QED) is 0.632. The second-order valence-electron chi connectivity index (χ2n) is 7.17. The van der Waals surface area contributed by atoms with Gasteiger partial charge in [0.2, 0.25) is 0 Å². The number of esters is 1. The molecule has 2 N–H and O–H groups in total. The van der Waals surface area contributed by atoms with Gasteiger partial charge in [-0.3, -0.25) is 14.5 Å². The van der Waals surface area contributed by atoms with Gasteiger partial charge in [-0.2, -0.15) is 0 Å². The van der Waals surface area contributed by atoms with Crippen LogP contribution in [-0.4, -0.2) is 47.6 Å². The summed E-state index contributed by atoms with van der Waals surface area (Å²) in [6.45, 7) is 1.17. The zero-order valence-corrected chi connectivity index (χ0v) is 16.8. The average molecular weight is 410 g/mol. The number of rotatable bonds is 5. The number of ether oxygens (including phenoxy) is 1. The maximum absolute atomic E-state index is 12.8. The van der Waals surface area contributed by atoms with Crippen LogP contribution >= 0.6 is 11.3 Å². The predicted molar refractivity (Wildman–Crippen MR) is 112 cm³/mol. The van der Waals surface area contributed by atoms with Crippen molar-refractivity contribution in [1.29, 1.82) is 0 Å². The van der Waals surface area contributed by atoms with Crippen LogP contribution in [0.15, 0.2) is 53.9 Å². The lowest BCUT2D eigenvalue weighted by molar-refractivity contribution is -0.146. The number of nitrogens with zero attached hydrogens (tertiary/aromatic N) is 1. The van der Waals surface area contributed by atoms with Crippen LogP contribution in [-0.2, 0) is 16.1 Å². The third-order valence-electron chi connectivity index (χ3n) is 5.26. The van der Waals surface area contributed by atoms with Gasteiger partial charge in [-0.1, -0.05) is 30.3 Å². The Bertz CT molecular complexity index is 1030. The Morgan fingerprint density at radius 2 is 1.97 bits per heavy atom. The molecular weight excluding hydrogens is 388 g/mol. The monoisotopic (exact) mass is 410 g/mol. The minimum absolute atomic E-state index is 0.0563. The SMILES string of the molecule is COC(=O)[C@@H]1C[C@@H](NC(=O)c2cc3ccccc3cc2O)CN1Cc1cccs1. The van der Waals surface area contributed by atoms with Crippen LogP contribution in [0.1, 0.15) is 21.7 Å². The number of carbonyl (C=O) groups is 2. The highest BCUT2D eigenvalue weighted by Gasteiger charge is 2.38. The number of hydrogen-bond donors (Lipinski definition) is 2. The molecule has 0 unspecified atom stereocenters. The fourth-order valence-electron chi connectivity index (χ4n) is 3.84. The van der Waals surface area contributed by atoms with Crippen molar-refractivity contribution < 1.29 is 19.4 Å². The molecule has 2 atom stereocenters. The second-order valence-corrected chi connectivity index (χ2v) is 8.20. The smallest absolute Gasteiger partial charge is 0.323 e. The molecule has 150 valence electrons. The van der Waals surface area contributed by atoms with Gasteiger partial charge in [-0.05, 0) is 40.8 Å². The van der Waals surface area contributed by atoms with E-state index in [1.54, 1.807) is 23.5 Å². The van der Waals surface area contributed by atoms with Crippen LogP contribution in [0, 0.1) is 0 Å². The highest BCUT2D eigenvalue weighted by Crippen LogP contribution is 2.27. The fraction of sp³-hybridized carbons (Fsp3) is 0.273. The molecule has 1 fully saturated rings. The van der Waals surface area contributed by atoms with Crippen molar-refractivity contribution in [3.63, 3.8) is 0 Å². The number of phenolic OH excluding ortho intramolecular Hbond substituents is 1. The first-order valence-electron chi connectivity index (χ1n) is 9.42. The summed E-state index contributed by atoms with van der Waals surface area (Å²) < 4.78 is 4.96. The molecule has 0 spiro atoms. The van der Waals surface area contributed by atoms with Crippen molar-refractivity contribution in [3.05, 3.63) is 64.4 Å². The van der Waals surface area contributed by atoms with Gasteiger partial charge in [0.25, 0.3) is 5.91 Å². The highest BCUT2D eigenvalue weighted by atomic mass is 32.1. The van der Waals surface area contributed by atoms with Gasteiger partial charge in [0.05, 0.1) is 12.7 Å². The van der Waals surface area contributed by atoms with E-state index in [4.69, 9.17) is 4.74 Å². The number of thiophene rings is 1. The zero-order valence-electron chi connectivity index (χ0n) is 16.0. The van der Waals surface area contributed by atoms with Gasteiger partial charge >= 0.3 is 5.97 Å². The summed E-state index contributed by atoms with van der Waals surface area (Å²) in [6, 6.07) is 14.2. The molecule has 1 aliphatic heterocycles. The lowest BCUT2D eigenvalue weighted by atomic mass is 10.0. The number of nitrogens with one attached hydrogen (secondary N) is 1. The third kappa shape index (κ3) is 4.11. The lowest BCUT2D eigenvalue weighted by Gasteiger charge is -2.21. The molecule has 2 heterocycles. The Morgan fingerprint density at radius 1 is 1.21 bits per heavy atom. The molecule has 1 aromatic heterocycles. The Balaban J connectivity index is 1.50. The standard InChI is InChI=1S/C22H22N2O4S/c1-28-22(27)19-11-16(12-24(19)13-17-7-4-8-29-17)23-21(26)18-9-14-5-2-3-6-15(14)10-20(18)25/h2-10,16,19,25H,11-13H2,1H3,(H,23,26)/t16-,19+/m1/s1. The van der Waals surface area contributed by atoms with E-state index >= 15 is 0 Å². The van der Waals surface area contributed by atoms with Gasteiger partial charge in [-0.25, -0.2) is 0 Å². The molecule has 6 nitrogen and oxygen atoms in total. The maximum atomic E-state index is 12.8. The fourth-order valence-corrected chi connectivity index (χ4v) is 4.57. The molecule has 0 radical (unpaired) electrons. The summed E-state index contributed by atoms with van der Waals surface area (Å²) >= 11 is 1.63. The molecule has 1 amide bonds. The zero-order chi connectivity index (χ0) is 20.4. The number of hydrogen-bond acceptors (Lipinski definition) is 6. The van der Waals surface area contributed by atoms with E-state index in [9.17, 15) is 14.7 Å². The van der Waals surface area contributed by atoms with Crippen molar-refractivity contribution in [2.24, 2.45) is 0 Å². The summed E-state index contributed by atoms with van der Waals surface area (Å²) in [5.74, 6) is -0.703. The summed E-state index contributed by atoms with van der Waals surface area (Å²) in [7, 11) is 1.38. The predicted octanol–water partition coefficient (Wildman–Crippen LogP) is 3.15. The van der Waals surface area contributed by atoms with Gasteiger partial charge in [0.1, 0.15) is 11.8 Å². The largest absolute Gasteiger partial charge is 0.507 e. The summed E-state index contributed by atoms with van der Waals surface area (Å²) in [5, 5.41) is 17.0. The van der Waals surface area contributed by atoms with Crippen LogP contribution in [0.4, 0.5) is 0 Å². The minimum Gasteiger partial charge on any atom is -0.507 e. The molecule has 1 saturated heterocycles. The lowest BCUT2D eigenvalue weighted by Crippen LogP contribution is -2.37. The first kappa shape index (κ1) is 19.4. The van der Waals surface area contributed by atoms with Crippen molar-refractivity contribution in [2.45, 2.75) is 25.0 Å². The number of benzene rings is 2. The van der Waals surface area contributed by atoms with Crippen LogP contribution in [0.25, 0.3) is 10.8 Å². The Kier molecular flexibility index (Phi) is 5.51. The topological polar surface area (TPSA) is 78.9 Å². The Labute approximate surface area is 172 Å². The molecule has 0 aliphatic carbocycles. The summed E-state index contributed by atoms with van der Waals surface area (Å²) in [5.41, 5.74) is 0.232. The normalized spacial score (nSPS) is 19.3. The molecule has 1 aliphatic rings. The molecule has 0 saturated carbocycles. The molecule has 29 heavy (non-hydrogen) atoms. The van der Waals surface area contributed by atoms with Crippen molar-refractivity contribution >= 4 is 34.0 Å². The third-order valence-corrected chi connectivity index (χ3v) is 6.12. The first-order chi connectivity index (χ1) is 14.0. The number of phenols is 1. The molecule has 0 bridgehead atoms. The summed E-state index contributed by atoms with van der Waals surface area (Å²) in [6.07, 6.45) is 0.470. The molecule has 3 aromatic rings. The van der Waals surface area contributed by atoms with E-state index in [1.165, 1.54) is 7.11 Å². The Morgan fingerprint density at radius 3 is 2.66 bits per heavy atom. The van der Waals surface area contributed by atoms with Crippen LogP contribution < -0.4 is 5.32 Å². The van der Waals surface area contributed by atoms with Crippen molar-refractivity contribution in [1.82, 2.24) is 10.2 Å². The van der Waals surface area contributed by atoms with Crippen LogP contribution in [0.5, 0.6) is 5.75 Å². The number of carbonyl (C=O) groups excluding carboxylic acids is 2. The second kappa shape index (κ2) is 8.23. The van der Waals surface area contributed by atoms with E-state index in [0.29, 0.717) is 19.5 Å². The first-order valence-corrected chi connectivity index (χ1v) is 10.3. The van der Waals surface area contributed by atoms with Crippen LogP contribution in [0.2, 0.25) is 0 Å². The van der Waals surface area contributed by atoms with Gasteiger partial charge in [-0.15, -0.1) is 11.3 Å². The number of methoxy groups -OCH3 is 1. The number of fused-ring (bicyclic) bond motifs is 1. The van der Waals surface area contributed by atoms with Gasteiger partial charge in [0, 0.05) is 24.0 Å². The molecule has 2 aromatic carbocycles. The summed E-state index contributed by atoms with van der Waals surface area (Å²) in [4.78, 5) is 28.3. The van der Waals surface area contributed by atoms with Gasteiger partial charge < -0.3 is 15.2 Å². The highest BCUT2D eigenvalue weighted by molar-refractivity contribution is 7.09. The molecular formula is C22H22N2O4S. The average Bonchev–Trinajstić information content (AvgIpc) is 3.37. The van der Waals surface area contributed by atoms with E-state index < -0.39 is 6.04 Å². The number of amides is 1. The van der Waals surface area contributed by atoms with Crippen molar-refractivity contribution in [3.8, 4) is 5.75 Å². The molecule has 7 heteroatoms. The number of aromatic hydroxyl groups is 1. The number of likely N-dealkylation sites (tertiary alicyclic amines) is 1. The molecule has 4 rings (SSSR count). The van der Waals surface area contributed by atoms with Crippen LogP contribution in [0.3, 0.4) is 0 Å².